The topological polar surface area (TPSA) is 35.5 Å². The third kappa shape index (κ3) is 4.23. The minimum absolute atomic E-state index is 0.0232. The van der Waals surface area contributed by atoms with Crippen LogP contribution in [0, 0.1) is 5.92 Å². The second-order valence-corrected chi connectivity index (χ2v) is 12.4. The van der Waals surface area contributed by atoms with Crippen molar-refractivity contribution in [1.29, 1.82) is 0 Å². The van der Waals surface area contributed by atoms with Crippen molar-refractivity contribution >= 4 is 24.7 Å². The fourth-order valence-electron chi connectivity index (χ4n) is 3.81. The molecule has 0 saturated carbocycles. The number of esters is 1. The third-order valence-corrected chi connectivity index (χ3v) is 10.2. The van der Waals surface area contributed by atoms with E-state index in [1.807, 2.05) is 6.08 Å². The van der Waals surface area contributed by atoms with E-state index in [0.717, 1.165) is 6.42 Å². The standard InChI is InChI=1S/C23H28O3Si/c1-23(2,3)27(20-10-6-4-7-11-20,21-12-8-5-9-13-21)26-17-16-19-14-15-22(24)25-18-19/h4-15,19H,16-18H2,1-3H3/t19-/m1/s1. The molecule has 0 aliphatic carbocycles. The Labute approximate surface area is 163 Å². The number of cyclic esters (lactones) is 1. The van der Waals surface area contributed by atoms with Crippen molar-refractivity contribution in [2.75, 3.05) is 13.2 Å². The summed E-state index contributed by atoms with van der Waals surface area (Å²) in [4.78, 5) is 11.2. The van der Waals surface area contributed by atoms with E-state index in [9.17, 15) is 4.79 Å². The van der Waals surface area contributed by atoms with Gasteiger partial charge in [-0.2, -0.15) is 0 Å². The zero-order valence-corrected chi connectivity index (χ0v) is 17.4. The number of benzene rings is 2. The van der Waals surface area contributed by atoms with E-state index < -0.39 is 8.32 Å². The van der Waals surface area contributed by atoms with Crippen molar-refractivity contribution in [3.05, 3.63) is 72.8 Å². The van der Waals surface area contributed by atoms with E-state index in [2.05, 4.69) is 81.4 Å². The van der Waals surface area contributed by atoms with Gasteiger partial charge in [-0.3, -0.25) is 0 Å². The molecule has 0 aromatic heterocycles. The van der Waals surface area contributed by atoms with Crippen LogP contribution in [0.15, 0.2) is 72.8 Å². The molecule has 0 saturated heterocycles. The number of rotatable bonds is 6. The summed E-state index contributed by atoms with van der Waals surface area (Å²) in [7, 11) is -2.48. The summed E-state index contributed by atoms with van der Waals surface area (Å²) in [6.07, 6.45) is 4.31. The Morgan fingerprint density at radius 2 is 1.56 bits per heavy atom. The molecular formula is C23H28O3Si. The van der Waals surface area contributed by atoms with E-state index in [1.54, 1.807) is 0 Å². The lowest BCUT2D eigenvalue weighted by molar-refractivity contribution is -0.139. The van der Waals surface area contributed by atoms with Crippen molar-refractivity contribution in [2.24, 2.45) is 5.92 Å². The number of hydrogen-bond acceptors (Lipinski definition) is 3. The summed E-state index contributed by atoms with van der Waals surface area (Å²) in [5.41, 5.74) is 0. The fourth-order valence-corrected chi connectivity index (χ4v) is 8.39. The Bertz CT molecular complexity index is 739. The molecule has 1 heterocycles. The van der Waals surface area contributed by atoms with Gasteiger partial charge in [-0.1, -0.05) is 87.5 Å². The SMILES string of the molecule is CC(C)(C)[Si](OCC[C@H]1C=CC(=O)OC1)(c1ccccc1)c1ccccc1. The molecule has 0 amide bonds. The lowest BCUT2D eigenvalue weighted by Crippen LogP contribution is -2.66. The van der Waals surface area contributed by atoms with Crippen LogP contribution in [0.1, 0.15) is 27.2 Å². The largest absolute Gasteiger partial charge is 0.462 e. The molecule has 2 aromatic rings. The lowest BCUT2D eigenvalue weighted by atomic mass is 10.1. The molecular weight excluding hydrogens is 352 g/mol. The second kappa shape index (κ2) is 8.24. The highest BCUT2D eigenvalue weighted by Gasteiger charge is 2.50. The maximum atomic E-state index is 11.2. The van der Waals surface area contributed by atoms with Crippen LogP contribution in [0.2, 0.25) is 5.04 Å². The van der Waals surface area contributed by atoms with Crippen LogP contribution in [0.4, 0.5) is 0 Å². The molecule has 1 aliphatic rings. The van der Waals surface area contributed by atoms with Gasteiger partial charge in [0.1, 0.15) is 0 Å². The zero-order chi connectivity index (χ0) is 19.3. The van der Waals surface area contributed by atoms with Crippen LogP contribution >= 0.6 is 0 Å². The monoisotopic (exact) mass is 380 g/mol. The molecule has 0 unspecified atom stereocenters. The average Bonchev–Trinajstić information content (AvgIpc) is 2.67. The predicted octanol–water partition coefficient (Wildman–Crippen LogP) is 3.68. The van der Waals surface area contributed by atoms with Crippen LogP contribution in [0.25, 0.3) is 0 Å². The van der Waals surface area contributed by atoms with Crippen LogP contribution in [0.5, 0.6) is 0 Å². The third-order valence-electron chi connectivity index (χ3n) is 5.17. The Morgan fingerprint density at radius 1 is 1.00 bits per heavy atom. The van der Waals surface area contributed by atoms with E-state index in [1.165, 1.54) is 16.4 Å². The van der Waals surface area contributed by atoms with E-state index in [-0.39, 0.29) is 16.9 Å². The van der Waals surface area contributed by atoms with E-state index >= 15 is 0 Å². The van der Waals surface area contributed by atoms with Gasteiger partial charge in [0.25, 0.3) is 8.32 Å². The van der Waals surface area contributed by atoms with Gasteiger partial charge in [-0.05, 0) is 21.8 Å². The van der Waals surface area contributed by atoms with E-state index in [0.29, 0.717) is 13.2 Å². The summed E-state index contributed by atoms with van der Waals surface area (Å²) >= 11 is 0. The summed E-state index contributed by atoms with van der Waals surface area (Å²) in [6, 6.07) is 21.3. The molecule has 3 rings (SSSR count). The normalized spacial score (nSPS) is 17.6. The summed E-state index contributed by atoms with van der Waals surface area (Å²) in [5.74, 6) is -0.0277. The van der Waals surface area contributed by atoms with Gasteiger partial charge in [-0.15, -0.1) is 0 Å². The second-order valence-electron chi connectivity index (χ2n) is 8.05. The Morgan fingerprint density at radius 3 is 2.00 bits per heavy atom. The maximum Gasteiger partial charge on any atom is 0.330 e. The summed E-state index contributed by atoms with van der Waals surface area (Å²) in [6.45, 7) is 7.92. The number of hydrogen-bond donors (Lipinski definition) is 0. The zero-order valence-electron chi connectivity index (χ0n) is 16.4. The lowest BCUT2D eigenvalue weighted by Gasteiger charge is -2.43. The first-order chi connectivity index (χ1) is 12.9. The van der Waals surface area contributed by atoms with Crippen molar-refractivity contribution in [1.82, 2.24) is 0 Å². The number of carbonyl (C=O) groups excluding carboxylic acids is 1. The first-order valence-corrected chi connectivity index (χ1v) is 11.4. The molecule has 27 heavy (non-hydrogen) atoms. The summed E-state index contributed by atoms with van der Waals surface area (Å²) < 4.78 is 12.0. The molecule has 0 fully saturated rings. The van der Waals surface area contributed by atoms with Crippen molar-refractivity contribution in [3.63, 3.8) is 0 Å². The molecule has 3 nitrogen and oxygen atoms in total. The Hall–Kier alpha value is -2.17. The number of carbonyl (C=O) groups is 1. The van der Waals surface area contributed by atoms with Crippen LogP contribution in [0.3, 0.4) is 0 Å². The van der Waals surface area contributed by atoms with Gasteiger partial charge in [0, 0.05) is 18.6 Å². The van der Waals surface area contributed by atoms with Crippen molar-refractivity contribution in [3.8, 4) is 0 Å². The fraction of sp³-hybridized carbons (Fsp3) is 0.348. The van der Waals surface area contributed by atoms with Gasteiger partial charge in [0.05, 0.1) is 6.61 Å². The maximum absolute atomic E-state index is 11.2. The molecule has 1 atom stereocenters. The summed E-state index contributed by atoms with van der Waals surface area (Å²) in [5, 5.41) is 2.55. The molecule has 0 N–H and O–H groups in total. The van der Waals surface area contributed by atoms with Crippen LogP contribution < -0.4 is 10.4 Å². The average molecular weight is 381 g/mol. The molecule has 0 spiro atoms. The van der Waals surface area contributed by atoms with Crippen molar-refractivity contribution in [2.45, 2.75) is 32.2 Å². The van der Waals surface area contributed by atoms with Crippen LogP contribution in [-0.4, -0.2) is 27.5 Å². The van der Waals surface area contributed by atoms with Gasteiger partial charge in [-0.25, -0.2) is 4.79 Å². The first kappa shape index (κ1) is 19.6. The predicted molar refractivity (Wildman–Crippen MR) is 112 cm³/mol. The van der Waals surface area contributed by atoms with Crippen molar-refractivity contribution < 1.29 is 14.0 Å². The molecule has 1 aliphatic heterocycles. The molecule has 0 radical (unpaired) electrons. The highest BCUT2D eigenvalue weighted by molar-refractivity contribution is 6.99. The quantitative estimate of drug-likeness (QED) is 0.566. The highest BCUT2D eigenvalue weighted by atomic mass is 28.4. The van der Waals surface area contributed by atoms with Gasteiger partial charge in [0.2, 0.25) is 0 Å². The molecule has 0 bridgehead atoms. The Kier molecular flexibility index (Phi) is 5.97. The smallest absolute Gasteiger partial charge is 0.330 e. The van der Waals surface area contributed by atoms with Gasteiger partial charge >= 0.3 is 5.97 Å². The first-order valence-electron chi connectivity index (χ1n) is 9.53. The Balaban J connectivity index is 1.92. The minimum atomic E-state index is -2.48. The van der Waals surface area contributed by atoms with Gasteiger partial charge < -0.3 is 9.16 Å². The molecule has 4 heteroatoms. The van der Waals surface area contributed by atoms with Crippen LogP contribution in [-0.2, 0) is 14.0 Å². The molecule has 142 valence electrons. The minimum Gasteiger partial charge on any atom is -0.462 e. The van der Waals surface area contributed by atoms with Gasteiger partial charge in [0.15, 0.2) is 0 Å². The highest BCUT2D eigenvalue weighted by Crippen LogP contribution is 2.37. The van der Waals surface area contributed by atoms with E-state index in [4.69, 9.17) is 9.16 Å². The molecule has 2 aromatic carbocycles. The number of ether oxygens (including phenoxy) is 1.